The number of carbonyl (C=O) groups is 1. The van der Waals surface area contributed by atoms with Gasteiger partial charge in [-0.25, -0.2) is 19.4 Å². The highest BCUT2D eigenvalue weighted by molar-refractivity contribution is 5.89. The number of benzene rings is 1. The van der Waals surface area contributed by atoms with Crippen LogP contribution in [0, 0.1) is 0 Å². The molecule has 168 valence electrons. The monoisotopic (exact) mass is 437 g/mol. The number of ether oxygens (including phenoxy) is 1. The smallest absolute Gasteiger partial charge is 0.409 e. The number of nitrogens with one attached hydrogen (secondary N) is 1. The Labute approximate surface area is 185 Å². The van der Waals surface area contributed by atoms with Gasteiger partial charge in [0.05, 0.1) is 30.3 Å². The SMILES string of the molecule is CN(C)CCn1ncc2c(N3CC4CCC(C3)O4)nc(-c3ccc(NC(=O)O)cc3)nc21. The van der Waals surface area contributed by atoms with Crippen molar-refractivity contribution in [3.8, 4) is 11.4 Å². The Kier molecular flexibility index (Phi) is 5.40. The predicted octanol–water partition coefficient (Wildman–Crippen LogP) is 2.51. The van der Waals surface area contributed by atoms with E-state index in [9.17, 15) is 4.79 Å². The Morgan fingerprint density at radius 2 is 1.91 bits per heavy atom. The summed E-state index contributed by atoms with van der Waals surface area (Å²) in [7, 11) is 4.07. The summed E-state index contributed by atoms with van der Waals surface area (Å²) >= 11 is 0. The molecule has 0 spiro atoms. The van der Waals surface area contributed by atoms with Gasteiger partial charge >= 0.3 is 6.09 Å². The zero-order valence-corrected chi connectivity index (χ0v) is 18.2. The second-order valence-corrected chi connectivity index (χ2v) is 8.65. The van der Waals surface area contributed by atoms with Crippen LogP contribution < -0.4 is 10.2 Å². The fourth-order valence-electron chi connectivity index (χ4n) is 4.38. The molecule has 5 rings (SSSR count). The van der Waals surface area contributed by atoms with Crippen molar-refractivity contribution in [2.45, 2.75) is 31.6 Å². The number of anilines is 2. The van der Waals surface area contributed by atoms with Crippen LogP contribution in [0.15, 0.2) is 30.5 Å². The van der Waals surface area contributed by atoms with Crippen molar-refractivity contribution < 1.29 is 14.6 Å². The molecule has 1 amide bonds. The number of hydrogen-bond donors (Lipinski definition) is 2. The van der Waals surface area contributed by atoms with Crippen molar-refractivity contribution in [1.29, 1.82) is 0 Å². The zero-order chi connectivity index (χ0) is 22.2. The maximum absolute atomic E-state index is 10.9. The lowest BCUT2D eigenvalue weighted by atomic mass is 10.2. The first-order valence-electron chi connectivity index (χ1n) is 10.9. The number of hydrogen-bond acceptors (Lipinski definition) is 7. The Morgan fingerprint density at radius 3 is 2.56 bits per heavy atom. The van der Waals surface area contributed by atoms with E-state index in [-0.39, 0.29) is 12.2 Å². The van der Waals surface area contributed by atoms with Gasteiger partial charge in [0.25, 0.3) is 0 Å². The van der Waals surface area contributed by atoms with Crippen LogP contribution in [-0.2, 0) is 11.3 Å². The minimum absolute atomic E-state index is 0.243. The molecule has 4 heterocycles. The Balaban J connectivity index is 1.56. The molecule has 2 aliphatic rings. The fourth-order valence-corrected chi connectivity index (χ4v) is 4.38. The number of amides is 1. The molecular weight excluding hydrogens is 410 g/mol. The van der Waals surface area contributed by atoms with E-state index in [1.54, 1.807) is 12.1 Å². The molecule has 10 nitrogen and oxygen atoms in total. The quantitative estimate of drug-likeness (QED) is 0.606. The van der Waals surface area contributed by atoms with Crippen LogP contribution >= 0.6 is 0 Å². The van der Waals surface area contributed by atoms with E-state index < -0.39 is 6.09 Å². The van der Waals surface area contributed by atoms with Gasteiger partial charge in [-0.1, -0.05) is 0 Å². The Bertz CT molecular complexity index is 1120. The molecule has 2 aliphatic heterocycles. The molecule has 2 N–H and O–H groups in total. The average molecular weight is 438 g/mol. The number of rotatable bonds is 6. The van der Waals surface area contributed by atoms with E-state index in [4.69, 9.17) is 19.8 Å². The standard InChI is InChI=1S/C22H27N7O3/c1-27(2)9-10-29-21-18(11-23-29)20(28-12-16-7-8-17(13-28)32-16)25-19(26-21)14-3-5-15(6-4-14)24-22(30)31/h3-6,11,16-17,24H,7-10,12-13H2,1-2H3,(H,30,31). The summed E-state index contributed by atoms with van der Waals surface area (Å²) in [6.45, 7) is 3.20. The largest absolute Gasteiger partial charge is 0.465 e. The van der Waals surface area contributed by atoms with Crippen LogP contribution in [0.25, 0.3) is 22.4 Å². The van der Waals surface area contributed by atoms with Gasteiger partial charge in [-0.05, 0) is 51.2 Å². The molecule has 2 atom stereocenters. The van der Waals surface area contributed by atoms with E-state index in [1.165, 1.54) is 0 Å². The van der Waals surface area contributed by atoms with E-state index in [0.717, 1.165) is 61.4 Å². The summed E-state index contributed by atoms with van der Waals surface area (Å²) in [5.41, 5.74) is 2.13. The lowest BCUT2D eigenvalue weighted by molar-refractivity contribution is 0.0303. The molecular formula is C22H27N7O3. The molecule has 2 bridgehead atoms. The Hall–Kier alpha value is -3.24. The molecule has 3 aromatic rings. The van der Waals surface area contributed by atoms with Gasteiger partial charge in [-0.15, -0.1) is 0 Å². The topological polar surface area (TPSA) is 109 Å². The maximum atomic E-state index is 10.9. The number of likely N-dealkylation sites (N-methyl/N-ethyl adjacent to an activating group) is 1. The van der Waals surface area contributed by atoms with Gasteiger partial charge in [-0.3, -0.25) is 5.32 Å². The summed E-state index contributed by atoms with van der Waals surface area (Å²) in [6.07, 6.45) is 3.43. The molecule has 2 unspecified atom stereocenters. The van der Waals surface area contributed by atoms with Crippen LogP contribution in [0.2, 0.25) is 0 Å². The number of fused-ring (bicyclic) bond motifs is 3. The minimum Gasteiger partial charge on any atom is -0.465 e. The molecule has 2 fully saturated rings. The van der Waals surface area contributed by atoms with Crippen LogP contribution in [0.1, 0.15) is 12.8 Å². The van der Waals surface area contributed by atoms with Crippen LogP contribution in [0.5, 0.6) is 0 Å². The first-order chi connectivity index (χ1) is 15.5. The molecule has 32 heavy (non-hydrogen) atoms. The molecule has 1 aromatic carbocycles. The second-order valence-electron chi connectivity index (χ2n) is 8.65. The third kappa shape index (κ3) is 4.11. The third-order valence-electron chi connectivity index (χ3n) is 5.97. The lowest BCUT2D eigenvalue weighted by Gasteiger charge is -2.33. The molecule has 2 aromatic heterocycles. The summed E-state index contributed by atoms with van der Waals surface area (Å²) < 4.78 is 7.95. The molecule has 0 aliphatic carbocycles. The third-order valence-corrected chi connectivity index (χ3v) is 5.97. The maximum Gasteiger partial charge on any atom is 0.409 e. The van der Waals surface area contributed by atoms with Crippen molar-refractivity contribution in [3.63, 3.8) is 0 Å². The van der Waals surface area contributed by atoms with Crippen molar-refractivity contribution in [2.24, 2.45) is 0 Å². The molecule has 10 heteroatoms. The van der Waals surface area contributed by atoms with Crippen molar-refractivity contribution >= 4 is 28.6 Å². The molecule has 0 radical (unpaired) electrons. The highest BCUT2D eigenvalue weighted by Gasteiger charge is 2.35. The number of aromatic nitrogens is 4. The van der Waals surface area contributed by atoms with Crippen LogP contribution in [0.4, 0.5) is 16.3 Å². The fraction of sp³-hybridized carbons (Fsp3) is 0.455. The highest BCUT2D eigenvalue weighted by Crippen LogP contribution is 2.33. The summed E-state index contributed by atoms with van der Waals surface area (Å²) in [5, 5.41) is 16.8. The van der Waals surface area contributed by atoms with Crippen molar-refractivity contribution in [3.05, 3.63) is 30.5 Å². The van der Waals surface area contributed by atoms with Gasteiger partial charge in [0.15, 0.2) is 11.5 Å². The number of nitrogens with zero attached hydrogens (tertiary/aromatic N) is 6. The van der Waals surface area contributed by atoms with Gasteiger partial charge < -0.3 is 19.6 Å². The summed E-state index contributed by atoms with van der Waals surface area (Å²) in [6, 6.07) is 7.10. The van der Waals surface area contributed by atoms with E-state index in [1.807, 2.05) is 37.1 Å². The average Bonchev–Trinajstić information content (AvgIpc) is 3.33. The predicted molar refractivity (Wildman–Crippen MR) is 121 cm³/mol. The van der Waals surface area contributed by atoms with E-state index in [2.05, 4.69) is 20.2 Å². The normalized spacial score (nSPS) is 20.3. The van der Waals surface area contributed by atoms with Crippen molar-refractivity contribution in [2.75, 3.05) is 43.9 Å². The first kappa shape index (κ1) is 20.7. The number of carboxylic acid groups (broad SMARTS) is 1. The molecule has 0 saturated carbocycles. The van der Waals surface area contributed by atoms with Gasteiger partial charge in [0.2, 0.25) is 0 Å². The summed E-state index contributed by atoms with van der Waals surface area (Å²) in [4.78, 5) is 25.1. The van der Waals surface area contributed by atoms with E-state index >= 15 is 0 Å². The van der Waals surface area contributed by atoms with Crippen LogP contribution in [-0.4, -0.2) is 81.8 Å². The highest BCUT2D eigenvalue weighted by atomic mass is 16.5. The second kappa shape index (κ2) is 8.36. The first-order valence-corrected chi connectivity index (χ1v) is 10.9. The van der Waals surface area contributed by atoms with Gasteiger partial charge in [0.1, 0.15) is 5.82 Å². The molecule has 2 saturated heterocycles. The van der Waals surface area contributed by atoms with Crippen molar-refractivity contribution in [1.82, 2.24) is 24.6 Å². The van der Waals surface area contributed by atoms with Gasteiger partial charge in [-0.2, -0.15) is 5.10 Å². The van der Waals surface area contributed by atoms with Gasteiger partial charge in [0, 0.05) is 30.9 Å². The minimum atomic E-state index is -1.09. The zero-order valence-electron chi connectivity index (χ0n) is 18.2. The Morgan fingerprint density at radius 1 is 1.19 bits per heavy atom. The lowest BCUT2D eigenvalue weighted by Crippen LogP contribution is -2.43. The summed E-state index contributed by atoms with van der Waals surface area (Å²) in [5.74, 6) is 1.48. The van der Waals surface area contributed by atoms with E-state index in [0.29, 0.717) is 11.5 Å². The number of morpholine rings is 1. The van der Waals surface area contributed by atoms with Crippen LogP contribution in [0.3, 0.4) is 0 Å².